The fourth-order valence-electron chi connectivity index (χ4n) is 1.41. The highest BCUT2D eigenvalue weighted by atomic mass is 32.2. The number of methoxy groups -OCH3 is 1. The van der Waals surface area contributed by atoms with Gasteiger partial charge in [0.25, 0.3) is 0 Å². The minimum absolute atomic E-state index is 0.873. The Morgan fingerprint density at radius 1 is 1.18 bits per heavy atom. The number of hydrogen-bond donors (Lipinski definition) is 1. The summed E-state index contributed by atoms with van der Waals surface area (Å²) in [6, 6.07) is 12.0. The van der Waals surface area contributed by atoms with E-state index in [9.17, 15) is 0 Å². The van der Waals surface area contributed by atoms with Gasteiger partial charge < -0.3 is 10.1 Å². The number of nitrogens with zero attached hydrogens (tertiary/aromatic N) is 1. The number of nitrogens with one attached hydrogen (secondary N) is 1. The molecule has 2 aromatic rings. The van der Waals surface area contributed by atoms with Crippen molar-refractivity contribution in [3.8, 4) is 5.75 Å². The first-order valence-electron chi connectivity index (χ1n) is 5.27. The van der Waals surface area contributed by atoms with Crippen LogP contribution in [0.5, 0.6) is 5.75 Å². The number of benzene rings is 1. The van der Waals surface area contributed by atoms with Crippen LogP contribution in [0.1, 0.15) is 0 Å². The minimum atomic E-state index is 0.873. The number of anilines is 1. The second kappa shape index (κ2) is 5.59. The molecule has 2 rings (SSSR count). The molecular formula is C13H14N2OS. The Hall–Kier alpha value is -1.68. The zero-order valence-electron chi connectivity index (χ0n) is 9.81. The zero-order chi connectivity index (χ0) is 12.1. The molecule has 0 aliphatic rings. The third kappa shape index (κ3) is 3.14. The van der Waals surface area contributed by atoms with Gasteiger partial charge in [-0.1, -0.05) is 17.8 Å². The molecule has 17 heavy (non-hydrogen) atoms. The van der Waals surface area contributed by atoms with E-state index in [0.29, 0.717) is 0 Å². The number of pyridine rings is 1. The van der Waals surface area contributed by atoms with Gasteiger partial charge in [-0.2, -0.15) is 0 Å². The first-order valence-corrected chi connectivity index (χ1v) is 6.09. The van der Waals surface area contributed by atoms with E-state index in [1.54, 1.807) is 25.1 Å². The molecule has 88 valence electrons. The Morgan fingerprint density at radius 2 is 2.00 bits per heavy atom. The molecule has 0 amide bonds. The van der Waals surface area contributed by atoms with Crippen molar-refractivity contribution in [2.75, 3.05) is 19.5 Å². The summed E-state index contributed by atoms with van der Waals surface area (Å²) in [6.07, 6.45) is 1.80. The molecule has 0 bridgehead atoms. The van der Waals surface area contributed by atoms with E-state index in [1.165, 1.54) is 0 Å². The highest BCUT2D eigenvalue weighted by Crippen LogP contribution is 2.30. The van der Waals surface area contributed by atoms with Crippen LogP contribution in [0.25, 0.3) is 0 Å². The van der Waals surface area contributed by atoms with E-state index in [-0.39, 0.29) is 0 Å². The van der Waals surface area contributed by atoms with Crippen molar-refractivity contribution in [2.45, 2.75) is 9.79 Å². The number of rotatable bonds is 4. The molecule has 0 saturated carbocycles. The lowest BCUT2D eigenvalue weighted by molar-refractivity contribution is 0.413. The van der Waals surface area contributed by atoms with Crippen molar-refractivity contribution in [3.63, 3.8) is 0 Å². The average Bonchev–Trinajstić information content (AvgIpc) is 2.39. The average molecular weight is 246 g/mol. The lowest BCUT2D eigenvalue weighted by atomic mass is 10.3. The second-order valence-electron chi connectivity index (χ2n) is 3.41. The predicted octanol–water partition coefficient (Wildman–Crippen LogP) is 3.28. The van der Waals surface area contributed by atoms with Crippen LogP contribution >= 0.6 is 11.8 Å². The van der Waals surface area contributed by atoms with Crippen LogP contribution < -0.4 is 10.1 Å². The fraction of sp³-hybridized carbons (Fsp3) is 0.154. The van der Waals surface area contributed by atoms with Crippen LogP contribution in [0.2, 0.25) is 0 Å². The molecule has 0 unspecified atom stereocenters. The van der Waals surface area contributed by atoms with E-state index < -0.39 is 0 Å². The van der Waals surface area contributed by atoms with Gasteiger partial charge in [-0.15, -0.1) is 0 Å². The number of aromatic nitrogens is 1. The minimum Gasteiger partial charge on any atom is -0.497 e. The second-order valence-corrected chi connectivity index (χ2v) is 4.55. The van der Waals surface area contributed by atoms with Gasteiger partial charge in [0.2, 0.25) is 0 Å². The van der Waals surface area contributed by atoms with Crippen molar-refractivity contribution in [1.29, 1.82) is 0 Å². The Bertz CT molecular complexity index is 457. The normalized spacial score (nSPS) is 10.0. The first-order chi connectivity index (χ1) is 8.31. The van der Waals surface area contributed by atoms with Gasteiger partial charge in [-0.25, -0.2) is 4.98 Å². The molecule has 0 spiro atoms. The van der Waals surface area contributed by atoms with Crippen molar-refractivity contribution < 1.29 is 4.74 Å². The summed E-state index contributed by atoms with van der Waals surface area (Å²) in [7, 11) is 3.54. The fourth-order valence-corrected chi connectivity index (χ4v) is 2.31. The van der Waals surface area contributed by atoms with Gasteiger partial charge >= 0.3 is 0 Å². The van der Waals surface area contributed by atoms with Gasteiger partial charge in [0.1, 0.15) is 11.6 Å². The lowest BCUT2D eigenvalue weighted by Crippen LogP contribution is -1.90. The summed E-state index contributed by atoms with van der Waals surface area (Å²) in [6.45, 7) is 0. The Morgan fingerprint density at radius 3 is 2.76 bits per heavy atom. The molecule has 1 N–H and O–H groups in total. The Kier molecular flexibility index (Phi) is 3.88. The molecule has 0 atom stereocenters. The molecule has 1 aromatic heterocycles. The number of hydrogen-bond acceptors (Lipinski definition) is 4. The largest absolute Gasteiger partial charge is 0.497 e. The lowest BCUT2D eigenvalue weighted by Gasteiger charge is -2.05. The maximum Gasteiger partial charge on any atom is 0.126 e. The van der Waals surface area contributed by atoms with Crippen LogP contribution in [0.4, 0.5) is 5.82 Å². The summed E-state index contributed by atoms with van der Waals surface area (Å²) in [5, 5.41) is 3.03. The van der Waals surface area contributed by atoms with Crippen LogP contribution in [-0.4, -0.2) is 19.1 Å². The van der Waals surface area contributed by atoms with Crippen LogP contribution in [-0.2, 0) is 0 Å². The maximum absolute atomic E-state index is 5.20. The highest BCUT2D eigenvalue weighted by Gasteiger charge is 2.00. The molecule has 0 aliphatic carbocycles. The summed E-state index contributed by atoms with van der Waals surface area (Å²) in [5.41, 5.74) is 0. The number of ether oxygens (including phenoxy) is 1. The predicted molar refractivity (Wildman–Crippen MR) is 70.9 cm³/mol. The molecule has 0 aliphatic heterocycles. The Labute approximate surface area is 105 Å². The van der Waals surface area contributed by atoms with E-state index in [4.69, 9.17) is 4.74 Å². The third-order valence-corrected chi connectivity index (χ3v) is 3.24. The summed E-state index contributed by atoms with van der Waals surface area (Å²) < 4.78 is 5.20. The first kappa shape index (κ1) is 11.8. The maximum atomic E-state index is 5.20. The van der Waals surface area contributed by atoms with Gasteiger partial charge in [0, 0.05) is 23.0 Å². The summed E-state index contributed by atoms with van der Waals surface area (Å²) >= 11 is 1.69. The van der Waals surface area contributed by atoms with E-state index in [2.05, 4.69) is 16.4 Å². The smallest absolute Gasteiger partial charge is 0.126 e. The van der Waals surface area contributed by atoms with E-state index in [0.717, 1.165) is 21.4 Å². The Balaban J connectivity index is 2.18. The van der Waals surface area contributed by atoms with Gasteiger partial charge in [0.15, 0.2) is 0 Å². The molecule has 1 aromatic carbocycles. The van der Waals surface area contributed by atoms with Crippen molar-refractivity contribution in [1.82, 2.24) is 4.98 Å². The van der Waals surface area contributed by atoms with E-state index in [1.807, 2.05) is 37.4 Å². The third-order valence-electron chi connectivity index (χ3n) is 2.26. The van der Waals surface area contributed by atoms with Crippen molar-refractivity contribution in [2.24, 2.45) is 0 Å². The van der Waals surface area contributed by atoms with Gasteiger partial charge in [-0.3, -0.25) is 0 Å². The van der Waals surface area contributed by atoms with Gasteiger partial charge in [0.05, 0.1) is 7.11 Å². The monoisotopic (exact) mass is 246 g/mol. The van der Waals surface area contributed by atoms with Gasteiger partial charge in [-0.05, 0) is 30.3 Å². The molecule has 0 fully saturated rings. The van der Waals surface area contributed by atoms with Crippen LogP contribution in [0.15, 0.2) is 52.4 Å². The highest BCUT2D eigenvalue weighted by molar-refractivity contribution is 7.99. The standard InChI is InChI=1S/C13H14N2OS/c1-14-13-9-12(6-7-15-13)17-11-5-3-4-10(8-11)16-2/h3-9H,1-2H3,(H,14,15). The molecule has 4 heteroatoms. The molecule has 0 radical (unpaired) electrons. The quantitative estimate of drug-likeness (QED) is 0.897. The van der Waals surface area contributed by atoms with Crippen molar-refractivity contribution >= 4 is 17.6 Å². The molecule has 0 saturated heterocycles. The van der Waals surface area contributed by atoms with E-state index >= 15 is 0 Å². The topological polar surface area (TPSA) is 34.1 Å². The van der Waals surface area contributed by atoms with Crippen LogP contribution in [0.3, 0.4) is 0 Å². The summed E-state index contributed by atoms with van der Waals surface area (Å²) in [5.74, 6) is 1.75. The van der Waals surface area contributed by atoms with Crippen molar-refractivity contribution in [3.05, 3.63) is 42.6 Å². The molecule has 3 nitrogen and oxygen atoms in total. The SMILES string of the molecule is CNc1cc(Sc2cccc(OC)c2)ccn1. The zero-order valence-corrected chi connectivity index (χ0v) is 10.6. The van der Waals surface area contributed by atoms with Crippen LogP contribution in [0, 0.1) is 0 Å². The summed E-state index contributed by atoms with van der Waals surface area (Å²) in [4.78, 5) is 6.49. The molecule has 1 heterocycles. The molecular weight excluding hydrogens is 232 g/mol.